The molecule has 5 heteroatoms. The number of rotatable bonds is 7. The fraction of sp³-hybridized carbons (Fsp3) is 0.500. The number of methoxy groups -OCH3 is 1. The number of carbonyl (C=O) groups is 1. The van der Waals surface area contributed by atoms with Crippen molar-refractivity contribution < 1.29 is 14.6 Å². The molecule has 0 spiro atoms. The molecule has 0 radical (unpaired) electrons. The molecule has 0 aliphatic heterocycles. The summed E-state index contributed by atoms with van der Waals surface area (Å²) in [6, 6.07) is 7.16. The maximum Gasteiger partial charge on any atom is 0.224 e. The summed E-state index contributed by atoms with van der Waals surface area (Å²) in [6.07, 6.45) is 0.724. The second kappa shape index (κ2) is 7.48. The largest absolute Gasteiger partial charge is 0.388 e. The molecular formula is C14H20ClNO3. The summed E-state index contributed by atoms with van der Waals surface area (Å²) < 4.78 is 4.91. The molecule has 0 aromatic heterocycles. The third-order valence-corrected chi connectivity index (χ3v) is 3.00. The summed E-state index contributed by atoms with van der Waals surface area (Å²) in [5.41, 5.74) is -0.110. The van der Waals surface area contributed by atoms with Gasteiger partial charge in [-0.25, -0.2) is 0 Å². The third-order valence-electron chi connectivity index (χ3n) is 2.76. The molecule has 0 bridgehead atoms. The zero-order valence-corrected chi connectivity index (χ0v) is 12.0. The predicted octanol–water partition coefficient (Wildman–Crippen LogP) is 1.79. The number of halogens is 1. The Labute approximate surface area is 118 Å². The Kier molecular flexibility index (Phi) is 6.28. The molecule has 0 fully saturated rings. The molecule has 0 saturated heterocycles. The molecular weight excluding hydrogens is 266 g/mol. The highest BCUT2D eigenvalue weighted by atomic mass is 35.5. The van der Waals surface area contributed by atoms with Gasteiger partial charge < -0.3 is 15.2 Å². The highest BCUT2D eigenvalue weighted by molar-refractivity contribution is 6.30. The van der Waals surface area contributed by atoms with Crippen molar-refractivity contribution in [3.8, 4) is 0 Å². The Morgan fingerprint density at radius 1 is 1.53 bits per heavy atom. The van der Waals surface area contributed by atoms with Crippen molar-refractivity contribution >= 4 is 17.5 Å². The van der Waals surface area contributed by atoms with Gasteiger partial charge in [0, 0.05) is 31.7 Å². The van der Waals surface area contributed by atoms with Crippen LogP contribution in [0.15, 0.2) is 24.3 Å². The molecule has 2 N–H and O–H groups in total. The number of hydrogen-bond donors (Lipinski definition) is 2. The summed E-state index contributed by atoms with van der Waals surface area (Å²) in [5, 5.41) is 13.3. The van der Waals surface area contributed by atoms with Crippen molar-refractivity contribution in [2.45, 2.75) is 25.4 Å². The quantitative estimate of drug-likeness (QED) is 0.803. The summed E-state index contributed by atoms with van der Waals surface area (Å²) in [5.74, 6) is -0.139. The summed E-state index contributed by atoms with van der Waals surface area (Å²) in [6.45, 7) is 2.33. The fourth-order valence-electron chi connectivity index (χ4n) is 1.59. The van der Waals surface area contributed by atoms with Gasteiger partial charge in [0.25, 0.3) is 0 Å². The van der Waals surface area contributed by atoms with Crippen LogP contribution in [0.4, 0.5) is 0 Å². The van der Waals surface area contributed by atoms with Crippen molar-refractivity contribution in [2.24, 2.45) is 0 Å². The van der Waals surface area contributed by atoms with Gasteiger partial charge in [-0.05, 0) is 24.6 Å². The second-order valence-electron chi connectivity index (χ2n) is 4.82. The van der Waals surface area contributed by atoms with E-state index in [0.717, 1.165) is 5.56 Å². The van der Waals surface area contributed by atoms with Crippen LogP contribution < -0.4 is 5.32 Å². The van der Waals surface area contributed by atoms with E-state index in [2.05, 4.69) is 5.32 Å². The van der Waals surface area contributed by atoms with Gasteiger partial charge >= 0.3 is 0 Å². The Bertz CT molecular complexity index is 421. The van der Waals surface area contributed by atoms with E-state index in [9.17, 15) is 9.90 Å². The first-order chi connectivity index (χ1) is 8.93. The minimum atomic E-state index is -0.958. The first-order valence-electron chi connectivity index (χ1n) is 6.15. The van der Waals surface area contributed by atoms with E-state index in [1.807, 2.05) is 6.07 Å². The molecule has 19 heavy (non-hydrogen) atoms. The normalized spacial score (nSPS) is 13.9. The SMILES string of the molecule is COCCC(C)(O)CNC(=O)Cc1cccc(Cl)c1. The van der Waals surface area contributed by atoms with Crippen LogP contribution in [0.1, 0.15) is 18.9 Å². The van der Waals surface area contributed by atoms with Gasteiger partial charge in [0.1, 0.15) is 0 Å². The van der Waals surface area contributed by atoms with Crippen LogP contribution in [0.5, 0.6) is 0 Å². The lowest BCUT2D eigenvalue weighted by Crippen LogP contribution is -2.41. The van der Waals surface area contributed by atoms with E-state index in [1.165, 1.54) is 0 Å². The monoisotopic (exact) mass is 285 g/mol. The molecule has 1 unspecified atom stereocenters. The first kappa shape index (κ1) is 16.0. The number of amides is 1. The highest BCUT2D eigenvalue weighted by Gasteiger charge is 2.20. The van der Waals surface area contributed by atoms with Crippen molar-refractivity contribution in [2.75, 3.05) is 20.3 Å². The minimum Gasteiger partial charge on any atom is -0.388 e. The number of benzene rings is 1. The summed E-state index contributed by atoms with van der Waals surface area (Å²) in [4.78, 5) is 11.7. The summed E-state index contributed by atoms with van der Waals surface area (Å²) in [7, 11) is 1.58. The highest BCUT2D eigenvalue weighted by Crippen LogP contribution is 2.11. The average molecular weight is 286 g/mol. The Morgan fingerprint density at radius 2 is 2.26 bits per heavy atom. The fourth-order valence-corrected chi connectivity index (χ4v) is 1.81. The van der Waals surface area contributed by atoms with Gasteiger partial charge in [0.2, 0.25) is 5.91 Å². The lowest BCUT2D eigenvalue weighted by atomic mass is 10.0. The number of nitrogens with one attached hydrogen (secondary N) is 1. The van der Waals surface area contributed by atoms with E-state index < -0.39 is 5.60 Å². The molecule has 0 heterocycles. The van der Waals surface area contributed by atoms with Crippen molar-refractivity contribution in [1.29, 1.82) is 0 Å². The predicted molar refractivity (Wildman–Crippen MR) is 75.3 cm³/mol. The Morgan fingerprint density at radius 3 is 2.89 bits per heavy atom. The maximum atomic E-state index is 11.7. The van der Waals surface area contributed by atoms with Crippen LogP contribution >= 0.6 is 11.6 Å². The molecule has 1 aromatic rings. The molecule has 106 valence electrons. The van der Waals surface area contributed by atoms with E-state index in [0.29, 0.717) is 18.1 Å². The van der Waals surface area contributed by atoms with Gasteiger partial charge in [0.05, 0.1) is 12.0 Å². The smallest absolute Gasteiger partial charge is 0.224 e. The first-order valence-corrected chi connectivity index (χ1v) is 6.53. The molecule has 0 aliphatic rings. The second-order valence-corrected chi connectivity index (χ2v) is 5.26. The molecule has 1 rings (SSSR count). The topological polar surface area (TPSA) is 58.6 Å². The summed E-state index contributed by atoms with van der Waals surface area (Å²) >= 11 is 5.85. The maximum absolute atomic E-state index is 11.7. The van der Waals surface area contributed by atoms with Gasteiger partial charge in [0.15, 0.2) is 0 Å². The number of ether oxygens (including phenoxy) is 1. The van der Waals surface area contributed by atoms with Crippen molar-refractivity contribution in [3.63, 3.8) is 0 Å². The van der Waals surface area contributed by atoms with Gasteiger partial charge in [-0.15, -0.1) is 0 Å². The number of aliphatic hydroxyl groups is 1. The Hall–Kier alpha value is -1.10. The van der Waals surface area contributed by atoms with Crippen LogP contribution in [0, 0.1) is 0 Å². The van der Waals surface area contributed by atoms with Crippen molar-refractivity contribution in [3.05, 3.63) is 34.9 Å². The zero-order chi connectivity index (χ0) is 14.3. The molecule has 1 amide bonds. The van der Waals surface area contributed by atoms with Crippen LogP contribution in [-0.4, -0.2) is 36.9 Å². The van der Waals surface area contributed by atoms with E-state index in [-0.39, 0.29) is 18.9 Å². The van der Waals surface area contributed by atoms with Gasteiger partial charge in [-0.1, -0.05) is 23.7 Å². The standard InChI is InChI=1S/C14H20ClNO3/c1-14(18,6-7-19-2)10-16-13(17)9-11-4-3-5-12(15)8-11/h3-5,8,18H,6-7,9-10H2,1-2H3,(H,16,17). The Balaban J connectivity index is 2.39. The van der Waals surface area contributed by atoms with Crippen molar-refractivity contribution in [1.82, 2.24) is 5.32 Å². The van der Waals surface area contributed by atoms with E-state index in [4.69, 9.17) is 16.3 Å². The molecule has 0 aliphatic carbocycles. The van der Waals surface area contributed by atoms with Crippen LogP contribution in [-0.2, 0) is 16.0 Å². The zero-order valence-electron chi connectivity index (χ0n) is 11.3. The lowest BCUT2D eigenvalue weighted by molar-refractivity contribution is -0.121. The number of hydrogen-bond acceptors (Lipinski definition) is 3. The van der Waals surface area contributed by atoms with E-state index >= 15 is 0 Å². The number of carbonyl (C=O) groups excluding carboxylic acids is 1. The van der Waals surface area contributed by atoms with Crippen LogP contribution in [0.3, 0.4) is 0 Å². The molecule has 0 saturated carbocycles. The molecule has 1 atom stereocenters. The lowest BCUT2D eigenvalue weighted by Gasteiger charge is -2.23. The molecule has 1 aromatic carbocycles. The van der Waals surface area contributed by atoms with Gasteiger partial charge in [-0.3, -0.25) is 4.79 Å². The molecule has 4 nitrogen and oxygen atoms in total. The average Bonchev–Trinajstić information content (AvgIpc) is 2.34. The van der Waals surface area contributed by atoms with Crippen LogP contribution in [0.25, 0.3) is 0 Å². The van der Waals surface area contributed by atoms with Gasteiger partial charge in [-0.2, -0.15) is 0 Å². The van der Waals surface area contributed by atoms with Crippen LogP contribution in [0.2, 0.25) is 5.02 Å². The van der Waals surface area contributed by atoms with E-state index in [1.54, 1.807) is 32.2 Å². The minimum absolute atomic E-state index is 0.139. The third kappa shape index (κ3) is 6.57.